The van der Waals surface area contributed by atoms with Crippen LogP contribution in [0, 0.1) is 18.8 Å². The third kappa shape index (κ3) is 4.46. The van der Waals surface area contributed by atoms with Crippen LogP contribution in [0.5, 0.6) is 0 Å². The second-order valence-electron chi connectivity index (χ2n) is 5.61. The molecule has 2 nitrogen and oxygen atoms in total. The van der Waals surface area contributed by atoms with Crippen molar-refractivity contribution in [2.24, 2.45) is 11.8 Å². The Morgan fingerprint density at radius 3 is 2.62 bits per heavy atom. The molecule has 1 aromatic rings. The SMILES string of the molecule is Cc1cc(Br)cc(NC(=O)C2CCCC(C(F)(F)F)C2)c1. The van der Waals surface area contributed by atoms with Crippen molar-refractivity contribution in [3.8, 4) is 0 Å². The standard InChI is InChI=1S/C15H17BrF3NO/c1-9-5-12(16)8-13(6-9)20-14(21)10-3-2-4-11(7-10)15(17,18)19/h5-6,8,10-11H,2-4,7H2,1H3,(H,20,21). The van der Waals surface area contributed by atoms with Gasteiger partial charge in [-0.05, 0) is 49.9 Å². The van der Waals surface area contributed by atoms with Crippen molar-refractivity contribution in [2.45, 2.75) is 38.8 Å². The molecule has 2 unspecified atom stereocenters. The molecule has 1 fully saturated rings. The molecule has 2 rings (SSSR count). The van der Waals surface area contributed by atoms with Crippen LogP contribution >= 0.6 is 15.9 Å². The Morgan fingerprint density at radius 2 is 2.00 bits per heavy atom. The number of hydrogen-bond donors (Lipinski definition) is 1. The van der Waals surface area contributed by atoms with E-state index >= 15 is 0 Å². The van der Waals surface area contributed by atoms with E-state index in [1.54, 1.807) is 12.1 Å². The van der Waals surface area contributed by atoms with E-state index < -0.39 is 18.0 Å². The van der Waals surface area contributed by atoms with E-state index in [0.717, 1.165) is 10.0 Å². The van der Waals surface area contributed by atoms with Crippen molar-refractivity contribution in [3.05, 3.63) is 28.2 Å². The highest BCUT2D eigenvalue weighted by Crippen LogP contribution is 2.40. The van der Waals surface area contributed by atoms with Gasteiger partial charge in [0.05, 0.1) is 5.92 Å². The number of nitrogens with one attached hydrogen (secondary N) is 1. The maximum absolute atomic E-state index is 12.8. The summed E-state index contributed by atoms with van der Waals surface area (Å²) >= 11 is 3.33. The molecule has 21 heavy (non-hydrogen) atoms. The first-order chi connectivity index (χ1) is 9.75. The molecule has 0 bridgehead atoms. The van der Waals surface area contributed by atoms with Gasteiger partial charge in [0.1, 0.15) is 0 Å². The molecule has 1 amide bonds. The molecule has 0 heterocycles. The van der Waals surface area contributed by atoms with Crippen LogP contribution in [0.1, 0.15) is 31.2 Å². The van der Waals surface area contributed by atoms with Crippen LogP contribution in [-0.2, 0) is 4.79 Å². The predicted octanol–water partition coefficient (Wildman–Crippen LogP) is 5.06. The molecule has 0 aromatic heterocycles. The quantitative estimate of drug-likeness (QED) is 0.781. The van der Waals surface area contributed by atoms with E-state index in [-0.39, 0.29) is 18.7 Å². The van der Waals surface area contributed by atoms with Gasteiger partial charge in [-0.15, -0.1) is 0 Å². The normalized spacial score (nSPS) is 22.9. The molecule has 0 saturated heterocycles. The molecule has 0 radical (unpaired) electrons. The minimum Gasteiger partial charge on any atom is -0.326 e. The first kappa shape index (κ1) is 16.3. The number of amides is 1. The minimum absolute atomic E-state index is 0.109. The third-order valence-electron chi connectivity index (χ3n) is 3.82. The summed E-state index contributed by atoms with van der Waals surface area (Å²) in [5.41, 5.74) is 1.58. The van der Waals surface area contributed by atoms with Gasteiger partial charge in [-0.1, -0.05) is 22.4 Å². The smallest absolute Gasteiger partial charge is 0.326 e. The number of hydrogen-bond acceptors (Lipinski definition) is 1. The zero-order valence-corrected chi connectivity index (χ0v) is 13.2. The molecule has 0 spiro atoms. The van der Waals surface area contributed by atoms with Crippen LogP contribution in [0.3, 0.4) is 0 Å². The monoisotopic (exact) mass is 363 g/mol. The van der Waals surface area contributed by atoms with E-state index in [1.807, 2.05) is 13.0 Å². The number of aryl methyl sites for hydroxylation is 1. The molecule has 0 aliphatic heterocycles. The summed E-state index contributed by atoms with van der Waals surface area (Å²) < 4.78 is 39.1. The Labute approximate surface area is 130 Å². The van der Waals surface area contributed by atoms with Crippen LogP contribution < -0.4 is 5.32 Å². The number of benzene rings is 1. The number of rotatable bonds is 2. The molecule has 1 aliphatic rings. The maximum Gasteiger partial charge on any atom is 0.391 e. The number of anilines is 1. The Morgan fingerprint density at radius 1 is 1.29 bits per heavy atom. The summed E-state index contributed by atoms with van der Waals surface area (Å²) in [5.74, 6) is -2.24. The first-order valence-electron chi connectivity index (χ1n) is 6.90. The molecule has 1 aliphatic carbocycles. The van der Waals surface area contributed by atoms with Crippen molar-refractivity contribution in [3.63, 3.8) is 0 Å². The number of halogens is 4. The number of carbonyl (C=O) groups is 1. The van der Waals surface area contributed by atoms with E-state index in [9.17, 15) is 18.0 Å². The molecule has 2 atom stereocenters. The van der Waals surface area contributed by atoms with E-state index in [0.29, 0.717) is 18.5 Å². The Bertz CT molecular complexity index is 510. The lowest BCUT2D eigenvalue weighted by atomic mass is 9.80. The van der Waals surface area contributed by atoms with Gasteiger partial charge in [-0.2, -0.15) is 13.2 Å². The summed E-state index contributed by atoms with van der Waals surface area (Å²) in [7, 11) is 0. The highest BCUT2D eigenvalue weighted by Gasteiger charge is 2.43. The molecule has 116 valence electrons. The molecule has 6 heteroatoms. The predicted molar refractivity (Wildman–Crippen MR) is 79.0 cm³/mol. The number of alkyl halides is 3. The second kappa shape index (κ2) is 6.38. The van der Waals surface area contributed by atoms with Gasteiger partial charge in [0, 0.05) is 16.1 Å². The third-order valence-corrected chi connectivity index (χ3v) is 4.28. The zero-order chi connectivity index (χ0) is 15.6. The molecule has 1 saturated carbocycles. The fraction of sp³-hybridized carbons (Fsp3) is 0.533. The van der Waals surface area contributed by atoms with Crippen LogP contribution in [0.25, 0.3) is 0 Å². The lowest BCUT2D eigenvalue weighted by Gasteiger charge is -2.29. The van der Waals surface area contributed by atoms with Gasteiger partial charge in [0.15, 0.2) is 0 Å². The highest BCUT2D eigenvalue weighted by molar-refractivity contribution is 9.10. The summed E-state index contributed by atoms with van der Waals surface area (Å²) in [6.07, 6.45) is -3.22. The van der Waals surface area contributed by atoms with Crippen molar-refractivity contribution >= 4 is 27.5 Å². The van der Waals surface area contributed by atoms with Gasteiger partial charge in [0.25, 0.3) is 0 Å². The maximum atomic E-state index is 12.8. The van der Waals surface area contributed by atoms with Gasteiger partial charge < -0.3 is 5.32 Å². The molecular formula is C15H17BrF3NO. The fourth-order valence-electron chi connectivity index (χ4n) is 2.78. The summed E-state index contributed by atoms with van der Waals surface area (Å²) in [6.45, 7) is 1.89. The Kier molecular flexibility index (Phi) is 4.96. The first-order valence-corrected chi connectivity index (χ1v) is 7.70. The number of carbonyl (C=O) groups excluding carboxylic acids is 1. The van der Waals surface area contributed by atoms with Crippen molar-refractivity contribution in [2.75, 3.05) is 5.32 Å². The van der Waals surface area contributed by atoms with Crippen LogP contribution in [0.2, 0.25) is 0 Å². The van der Waals surface area contributed by atoms with E-state index in [2.05, 4.69) is 21.2 Å². The van der Waals surface area contributed by atoms with Crippen molar-refractivity contribution in [1.29, 1.82) is 0 Å². The average molecular weight is 364 g/mol. The topological polar surface area (TPSA) is 29.1 Å². The second-order valence-corrected chi connectivity index (χ2v) is 6.52. The summed E-state index contributed by atoms with van der Waals surface area (Å²) in [6, 6.07) is 5.44. The van der Waals surface area contributed by atoms with Crippen molar-refractivity contribution < 1.29 is 18.0 Å². The highest BCUT2D eigenvalue weighted by atomic mass is 79.9. The van der Waals surface area contributed by atoms with Gasteiger partial charge >= 0.3 is 6.18 Å². The molecule has 1 aromatic carbocycles. The van der Waals surface area contributed by atoms with Crippen LogP contribution in [0.4, 0.5) is 18.9 Å². The van der Waals surface area contributed by atoms with Gasteiger partial charge in [-0.25, -0.2) is 0 Å². The Hall–Kier alpha value is -1.04. The minimum atomic E-state index is -4.20. The van der Waals surface area contributed by atoms with Crippen LogP contribution in [0.15, 0.2) is 22.7 Å². The lowest BCUT2D eigenvalue weighted by Crippen LogP contribution is -2.34. The average Bonchev–Trinajstić information content (AvgIpc) is 2.36. The largest absolute Gasteiger partial charge is 0.391 e. The summed E-state index contributed by atoms with van der Waals surface area (Å²) in [4.78, 5) is 12.2. The van der Waals surface area contributed by atoms with Crippen molar-refractivity contribution in [1.82, 2.24) is 0 Å². The van der Waals surface area contributed by atoms with E-state index in [4.69, 9.17) is 0 Å². The van der Waals surface area contributed by atoms with E-state index in [1.165, 1.54) is 0 Å². The zero-order valence-electron chi connectivity index (χ0n) is 11.6. The van der Waals surface area contributed by atoms with Crippen LogP contribution in [-0.4, -0.2) is 12.1 Å². The molecular weight excluding hydrogens is 347 g/mol. The lowest BCUT2D eigenvalue weighted by molar-refractivity contribution is -0.185. The van der Waals surface area contributed by atoms with Gasteiger partial charge in [0.2, 0.25) is 5.91 Å². The Balaban J connectivity index is 2.03. The summed E-state index contributed by atoms with van der Waals surface area (Å²) in [5, 5.41) is 2.73. The fourth-order valence-corrected chi connectivity index (χ4v) is 3.39. The van der Waals surface area contributed by atoms with Gasteiger partial charge in [-0.3, -0.25) is 4.79 Å². The molecule has 1 N–H and O–H groups in total.